The second-order valence-corrected chi connectivity index (χ2v) is 5.04. The number of aryl methyl sites for hydroxylation is 3. The predicted molar refractivity (Wildman–Crippen MR) is 73.7 cm³/mol. The zero-order valence-corrected chi connectivity index (χ0v) is 11.0. The van der Waals surface area contributed by atoms with Crippen LogP contribution in [0, 0.1) is 20.8 Å². The molecule has 0 bridgehead atoms. The molecule has 0 spiro atoms. The van der Waals surface area contributed by atoms with E-state index in [2.05, 4.69) is 52.0 Å². The van der Waals surface area contributed by atoms with Crippen LogP contribution in [0.25, 0.3) is 10.8 Å². The molecule has 0 aliphatic rings. The lowest BCUT2D eigenvalue weighted by molar-refractivity contribution is 0.273. The van der Waals surface area contributed by atoms with Crippen LogP contribution in [0.4, 0.5) is 0 Å². The SMILES string of the molecule is Cc1ccc2c(C)c(C)cc(C(C)CO)c2c1. The van der Waals surface area contributed by atoms with Gasteiger partial charge in [0.2, 0.25) is 0 Å². The summed E-state index contributed by atoms with van der Waals surface area (Å²) in [7, 11) is 0. The van der Waals surface area contributed by atoms with Gasteiger partial charge in [-0.25, -0.2) is 0 Å². The van der Waals surface area contributed by atoms with Crippen LogP contribution in [0.2, 0.25) is 0 Å². The van der Waals surface area contributed by atoms with Gasteiger partial charge in [0.05, 0.1) is 0 Å². The van der Waals surface area contributed by atoms with Crippen molar-refractivity contribution in [3.05, 3.63) is 46.5 Å². The van der Waals surface area contributed by atoms with Gasteiger partial charge in [0.1, 0.15) is 0 Å². The second-order valence-electron chi connectivity index (χ2n) is 5.04. The molecule has 0 aromatic heterocycles. The Morgan fingerprint density at radius 3 is 2.41 bits per heavy atom. The highest BCUT2D eigenvalue weighted by Gasteiger charge is 2.12. The molecule has 0 radical (unpaired) electrons. The molecule has 2 aromatic carbocycles. The van der Waals surface area contributed by atoms with Gasteiger partial charge in [-0.2, -0.15) is 0 Å². The van der Waals surface area contributed by atoms with Crippen molar-refractivity contribution >= 4 is 10.8 Å². The van der Waals surface area contributed by atoms with Crippen LogP contribution in [0.1, 0.15) is 35.1 Å². The maximum Gasteiger partial charge on any atom is 0.0497 e. The van der Waals surface area contributed by atoms with Crippen LogP contribution in [-0.4, -0.2) is 11.7 Å². The van der Waals surface area contributed by atoms with Crippen molar-refractivity contribution in [2.75, 3.05) is 6.61 Å². The molecule has 0 amide bonds. The molecule has 0 aliphatic carbocycles. The third-order valence-electron chi connectivity index (χ3n) is 3.66. The van der Waals surface area contributed by atoms with E-state index >= 15 is 0 Å². The third-order valence-corrected chi connectivity index (χ3v) is 3.66. The minimum Gasteiger partial charge on any atom is -0.396 e. The molecular weight excluding hydrogens is 208 g/mol. The molecule has 17 heavy (non-hydrogen) atoms. The highest BCUT2D eigenvalue weighted by atomic mass is 16.3. The Kier molecular flexibility index (Phi) is 3.21. The lowest BCUT2D eigenvalue weighted by Gasteiger charge is -2.16. The average molecular weight is 228 g/mol. The minimum absolute atomic E-state index is 0.193. The van der Waals surface area contributed by atoms with E-state index in [1.807, 2.05) is 0 Å². The third kappa shape index (κ3) is 2.07. The standard InChI is InChI=1S/C16H20O/c1-10-5-6-14-13(4)11(2)8-15(12(3)9-17)16(14)7-10/h5-8,12,17H,9H2,1-4H3. The first-order chi connectivity index (χ1) is 8.04. The summed E-state index contributed by atoms with van der Waals surface area (Å²) in [6.07, 6.45) is 0. The molecule has 1 heteroatoms. The topological polar surface area (TPSA) is 20.2 Å². The van der Waals surface area contributed by atoms with Gasteiger partial charge < -0.3 is 5.11 Å². The van der Waals surface area contributed by atoms with Gasteiger partial charge in [0, 0.05) is 12.5 Å². The van der Waals surface area contributed by atoms with E-state index in [0.717, 1.165) is 0 Å². The summed E-state index contributed by atoms with van der Waals surface area (Å²) in [4.78, 5) is 0. The normalized spacial score (nSPS) is 13.0. The zero-order chi connectivity index (χ0) is 12.6. The van der Waals surface area contributed by atoms with Crippen LogP contribution in [0.5, 0.6) is 0 Å². The molecule has 1 atom stereocenters. The second kappa shape index (κ2) is 4.50. The molecule has 0 heterocycles. The Balaban J connectivity index is 2.83. The highest BCUT2D eigenvalue weighted by molar-refractivity contribution is 5.90. The molecule has 0 saturated heterocycles. The summed E-state index contributed by atoms with van der Waals surface area (Å²) in [5.74, 6) is 0.193. The number of aliphatic hydroxyl groups is 1. The fraction of sp³-hybridized carbons (Fsp3) is 0.375. The number of hydrogen-bond donors (Lipinski definition) is 1. The molecule has 2 rings (SSSR count). The lowest BCUT2D eigenvalue weighted by Crippen LogP contribution is -2.02. The summed E-state index contributed by atoms with van der Waals surface area (Å²) in [6.45, 7) is 8.70. The Morgan fingerprint density at radius 1 is 1.06 bits per heavy atom. The average Bonchev–Trinajstić information content (AvgIpc) is 2.32. The molecule has 0 saturated carbocycles. The number of hydrogen-bond acceptors (Lipinski definition) is 1. The van der Waals surface area contributed by atoms with E-state index in [4.69, 9.17) is 0 Å². The van der Waals surface area contributed by atoms with Crippen LogP contribution in [0.3, 0.4) is 0 Å². The fourth-order valence-corrected chi connectivity index (χ4v) is 2.36. The van der Waals surface area contributed by atoms with Gasteiger partial charge in [-0.05, 0) is 48.2 Å². The lowest BCUT2D eigenvalue weighted by atomic mass is 9.89. The summed E-state index contributed by atoms with van der Waals surface area (Å²) < 4.78 is 0. The fourth-order valence-electron chi connectivity index (χ4n) is 2.36. The molecule has 1 N–H and O–H groups in total. The van der Waals surface area contributed by atoms with Crippen molar-refractivity contribution in [3.8, 4) is 0 Å². The zero-order valence-electron chi connectivity index (χ0n) is 11.0. The molecule has 0 aliphatic heterocycles. The van der Waals surface area contributed by atoms with E-state index < -0.39 is 0 Å². The van der Waals surface area contributed by atoms with Gasteiger partial charge in [0.25, 0.3) is 0 Å². The van der Waals surface area contributed by atoms with Crippen molar-refractivity contribution in [2.45, 2.75) is 33.6 Å². The van der Waals surface area contributed by atoms with Crippen molar-refractivity contribution < 1.29 is 5.11 Å². The summed E-state index contributed by atoms with van der Waals surface area (Å²) in [5, 5.41) is 12.0. The first-order valence-corrected chi connectivity index (χ1v) is 6.16. The van der Waals surface area contributed by atoms with Crippen molar-refractivity contribution in [1.82, 2.24) is 0 Å². The Hall–Kier alpha value is -1.34. The summed E-state index contributed by atoms with van der Waals surface area (Å²) in [6, 6.07) is 8.80. The van der Waals surface area contributed by atoms with Crippen LogP contribution in [-0.2, 0) is 0 Å². The Morgan fingerprint density at radius 2 is 1.76 bits per heavy atom. The van der Waals surface area contributed by atoms with E-state index in [1.165, 1.54) is 33.0 Å². The van der Waals surface area contributed by atoms with Gasteiger partial charge in [-0.1, -0.05) is 36.8 Å². The largest absolute Gasteiger partial charge is 0.396 e. The first-order valence-electron chi connectivity index (χ1n) is 6.16. The van der Waals surface area contributed by atoms with Crippen molar-refractivity contribution in [3.63, 3.8) is 0 Å². The van der Waals surface area contributed by atoms with Crippen LogP contribution < -0.4 is 0 Å². The number of rotatable bonds is 2. The summed E-state index contributed by atoms with van der Waals surface area (Å²) in [5.41, 5.74) is 5.17. The van der Waals surface area contributed by atoms with E-state index in [1.54, 1.807) is 0 Å². The molecule has 1 nitrogen and oxygen atoms in total. The number of benzene rings is 2. The predicted octanol–water partition coefficient (Wildman–Crippen LogP) is 3.86. The number of aliphatic hydroxyl groups excluding tert-OH is 1. The Bertz CT molecular complexity index is 555. The maximum atomic E-state index is 9.38. The maximum absolute atomic E-state index is 9.38. The van der Waals surface area contributed by atoms with Gasteiger partial charge in [-0.3, -0.25) is 0 Å². The molecular formula is C16H20O. The molecule has 0 fully saturated rings. The van der Waals surface area contributed by atoms with Gasteiger partial charge in [-0.15, -0.1) is 0 Å². The first kappa shape index (κ1) is 12.1. The highest BCUT2D eigenvalue weighted by Crippen LogP contribution is 2.30. The quantitative estimate of drug-likeness (QED) is 0.827. The van der Waals surface area contributed by atoms with Gasteiger partial charge in [0.15, 0.2) is 0 Å². The Labute approximate surface area is 103 Å². The van der Waals surface area contributed by atoms with E-state index in [0.29, 0.717) is 0 Å². The minimum atomic E-state index is 0.193. The van der Waals surface area contributed by atoms with Crippen molar-refractivity contribution in [2.24, 2.45) is 0 Å². The van der Waals surface area contributed by atoms with Crippen LogP contribution >= 0.6 is 0 Å². The van der Waals surface area contributed by atoms with Crippen LogP contribution in [0.15, 0.2) is 24.3 Å². The summed E-state index contributed by atoms with van der Waals surface area (Å²) >= 11 is 0. The number of fused-ring (bicyclic) bond motifs is 1. The van der Waals surface area contributed by atoms with Gasteiger partial charge >= 0.3 is 0 Å². The molecule has 90 valence electrons. The monoisotopic (exact) mass is 228 g/mol. The van der Waals surface area contributed by atoms with E-state index in [9.17, 15) is 5.11 Å². The van der Waals surface area contributed by atoms with E-state index in [-0.39, 0.29) is 12.5 Å². The smallest absolute Gasteiger partial charge is 0.0497 e. The molecule has 2 aromatic rings. The van der Waals surface area contributed by atoms with Crippen molar-refractivity contribution in [1.29, 1.82) is 0 Å². The molecule has 1 unspecified atom stereocenters.